The number of halogens is 2. The highest BCUT2D eigenvalue weighted by atomic mass is 35.5. The van der Waals surface area contributed by atoms with Crippen molar-refractivity contribution in [2.45, 2.75) is 19.1 Å². The number of nitrogens with two attached hydrogens (primary N) is 1. The predicted octanol–water partition coefficient (Wildman–Crippen LogP) is 3.96. The van der Waals surface area contributed by atoms with Gasteiger partial charge in [-0.3, -0.25) is 0 Å². The highest BCUT2D eigenvalue weighted by Gasteiger charge is 2.20. The summed E-state index contributed by atoms with van der Waals surface area (Å²) in [6, 6.07) is 11.6. The summed E-state index contributed by atoms with van der Waals surface area (Å²) in [5, 5.41) is 0.0191. The SMILES string of the molecule is COc1ccc(C(Oc2cccc(Cl)c2F)C(C)N)cc1. The van der Waals surface area contributed by atoms with E-state index in [1.807, 2.05) is 24.3 Å². The molecule has 2 rings (SSSR count). The molecule has 2 unspecified atom stereocenters. The van der Waals surface area contributed by atoms with Crippen molar-refractivity contribution in [3.8, 4) is 11.5 Å². The summed E-state index contributed by atoms with van der Waals surface area (Å²) in [5.41, 5.74) is 6.80. The fourth-order valence-electron chi connectivity index (χ4n) is 1.98. The number of benzene rings is 2. The lowest BCUT2D eigenvalue weighted by molar-refractivity contribution is 0.172. The van der Waals surface area contributed by atoms with Gasteiger partial charge in [0.1, 0.15) is 11.9 Å². The minimum absolute atomic E-state index is 0.0191. The highest BCUT2D eigenvalue weighted by Crippen LogP contribution is 2.30. The van der Waals surface area contributed by atoms with Crippen LogP contribution in [0.5, 0.6) is 11.5 Å². The van der Waals surface area contributed by atoms with E-state index in [0.717, 1.165) is 11.3 Å². The summed E-state index contributed by atoms with van der Waals surface area (Å²) in [5.74, 6) is 0.232. The van der Waals surface area contributed by atoms with Gasteiger partial charge in [-0.15, -0.1) is 0 Å². The van der Waals surface area contributed by atoms with Crippen molar-refractivity contribution in [1.82, 2.24) is 0 Å². The molecule has 2 aromatic carbocycles. The molecule has 0 aromatic heterocycles. The average Bonchev–Trinajstić information content (AvgIpc) is 2.48. The highest BCUT2D eigenvalue weighted by molar-refractivity contribution is 6.30. The van der Waals surface area contributed by atoms with Gasteiger partial charge in [-0.2, -0.15) is 0 Å². The van der Waals surface area contributed by atoms with Gasteiger partial charge in [0.15, 0.2) is 11.6 Å². The molecular weight excluding hydrogens is 293 g/mol. The quantitative estimate of drug-likeness (QED) is 0.909. The number of hydrogen-bond acceptors (Lipinski definition) is 3. The maximum Gasteiger partial charge on any atom is 0.183 e. The maximum atomic E-state index is 13.9. The van der Waals surface area contributed by atoms with E-state index in [-0.39, 0.29) is 16.8 Å². The van der Waals surface area contributed by atoms with Gasteiger partial charge >= 0.3 is 0 Å². The zero-order valence-corrected chi connectivity index (χ0v) is 12.6. The van der Waals surface area contributed by atoms with Crippen LogP contribution in [0.3, 0.4) is 0 Å². The minimum atomic E-state index is -0.585. The fraction of sp³-hybridized carbons (Fsp3) is 0.250. The lowest BCUT2D eigenvalue weighted by Crippen LogP contribution is -2.29. The first kappa shape index (κ1) is 15.6. The molecule has 0 heterocycles. The Kier molecular flexibility index (Phi) is 5.04. The summed E-state index contributed by atoms with van der Waals surface area (Å²) in [6.07, 6.45) is -0.483. The van der Waals surface area contributed by atoms with Gasteiger partial charge in [0.2, 0.25) is 0 Å². The standard InChI is InChI=1S/C16H17ClFNO2/c1-10(19)16(11-6-8-12(20-2)9-7-11)21-14-5-3-4-13(17)15(14)18/h3-10,16H,19H2,1-2H3. The van der Waals surface area contributed by atoms with Crippen molar-refractivity contribution in [3.63, 3.8) is 0 Å². The van der Waals surface area contributed by atoms with Crippen LogP contribution in [-0.4, -0.2) is 13.2 Å². The van der Waals surface area contributed by atoms with Crippen molar-refractivity contribution in [1.29, 1.82) is 0 Å². The van der Waals surface area contributed by atoms with Crippen molar-refractivity contribution in [3.05, 3.63) is 58.9 Å². The molecule has 112 valence electrons. The Morgan fingerprint density at radius 3 is 2.38 bits per heavy atom. The lowest BCUT2D eigenvalue weighted by Gasteiger charge is -2.23. The van der Waals surface area contributed by atoms with Crippen LogP contribution in [0.25, 0.3) is 0 Å². The summed E-state index contributed by atoms with van der Waals surface area (Å²) < 4.78 is 24.8. The first-order valence-electron chi connectivity index (χ1n) is 6.53. The van der Waals surface area contributed by atoms with Gasteiger partial charge < -0.3 is 15.2 Å². The number of hydrogen-bond donors (Lipinski definition) is 1. The molecule has 0 bridgehead atoms. The van der Waals surface area contributed by atoms with Crippen molar-refractivity contribution in [2.75, 3.05) is 7.11 Å². The molecule has 2 N–H and O–H groups in total. The second-order valence-corrected chi connectivity index (χ2v) is 5.13. The van der Waals surface area contributed by atoms with Gasteiger partial charge in [0, 0.05) is 6.04 Å². The van der Waals surface area contributed by atoms with Gasteiger partial charge in [0.05, 0.1) is 12.1 Å². The van der Waals surface area contributed by atoms with E-state index >= 15 is 0 Å². The molecule has 2 aromatic rings. The summed E-state index contributed by atoms with van der Waals surface area (Å²) in [4.78, 5) is 0. The second-order valence-electron chi connectivity index (χ2n) is 4.72. The molecule has 2 atom stereocenters. The average molecular weight is 310 g/mol. The molecule has 0 spiro atoms. The van der Waals surface area contributed by atoms with Crippen LogP contribution in [0.1, 0.15) is 18.6 Å². The summed E-state index contributed by atoms with van der Waals surface area (Å²) in [7, 11) is 1.59. The van der Waals surface area contributed by atoms with E-state index in [4.69, 9.17) is 26.8 Å². The lowest BCUT2D eigenvalue weighted by atomic mass is 10.0. The van der Waals surface area contributed by atoms with Crippen molar-refractivity contribution in [2.24, 2.45) is 5.73 Å². The Hall–Kier alpha value is -1.78. The molecular formula is C16H17ClFNO2. The molecule has 0 aliphatic rings. The molecule has 3 nitrogen and oxygen atoms in total. The number of ether oxygens (including phenoxy) is 2. The fourth-order valence-corrected chi connectivity index (χ4v) is 2.15. The van der Waals surface area contributed by atoms with Crippen LogP contribution in [0, 0.1) is 5.82 Å². The zero-order chi connectivity index (χ0) is 15.4. The van der Waals surface area contributed by atoms with Gasteiger partial charge in [-0.25, -0.2) is 4.39 Å². The van der Waals surface area contributed by atoms with Gasteiger partial charge in [-0.05, 0) is 36.8 Å². The Bertz CT molecular complexity index is 602. The normalized spacial score (nSPS) is 13.6. The van der Waals surface area contributed by atoms with Crippen LogP contribution in [0.2, 0.25) is 5.02 Å². The largest absolute Gasteiger partial charge is 0.497 e. The molecule has 21 heavy (non-hydrogen) atoms. The van der Waals surface area contributed by atoms with Gasteiger partial charge in [0.25, 0.3) is 0 Å². The minimum Gasteiger partial charge on any atom is -0.497 e. The third-order valence-electron chi connectivity index (χ3n) is 3.09. The van der Waals surface area contributed by atoms with E-state index in [9.17, 15) is 4.39 Å². The Balaban J connectivity index is 2.28. The number of rotatable bonds is 5. The van der Waals surface area contributed by atoms with E-state index in [0.29, 0.717) is 0 Å². The third-order valence-corrected chi connectivity index (χ3v) is 3.38. The van der Waals surface area contributed by atoms with Crippen LogP contribution in [0.15, 0.2) is 42.5 Å². The van der Waals surface area contributed by atoms with E-state index < -0.39 is 11.9 Å². The molecule has 0 radical (unpaired) electrons. The monoisotopic (exact) mass is 309 g/mol. The Labute approximate surface area is 128 Å². The first-order chi connectivity index (χ1) is 10.0. The van der Waals surface area contributed by atoms with Crippen molar-refractivity contribution >= 4 is 11.6 Å². The third kappa shape index (κ3) is 3.65. The molecule has 0 saturated carbocycles. The molecule has 0 amide bonds. The number of methoxy groups -OCH3 is 1. The van der Waals surface area contributed by atoms with E-state index in [2.05, 4.69) is 0 Å². The second kappa shape index (κ2) is 6.78. The molecule has 0 aliphatic carbocycles. The topological polar surface area (TPSA) is 44.5 Å². The smallest absolute Gasteiger partial charge is 0.183 e. The summed E-state index contributed by atoms with van der Waals surface area (Å²) >= 11 is 5.76. The van der Waals surface area contributed by atoms with Crippen LogP contribution >= 0.6 is 11.6 Å². The van der Waals surface area contributed by atoms with E-state index in [1.165, 1.54) is 12.1 Å². The van der Waals surface area contributed by atoms with Crippen LogP contribution in [0.4, 0.5) is 4.39 Å². The predicted molar refractivity (Wildman–Crippen MR) is 81.4 cm³/mol. The van der Waals surface area contributed by atoms with Crippen LogP contribution < -0.4 is 15.2 Å². The summed E-state index contributed by atoms with van der Waals surface area (Å²) in [6.45, 7) is 1.80. The van der Waals surface area contributed by atoms with E-state index in [1.54, 1.807) is 20.1 Å². The Morgan fingerprint density at radius 1 is 1.14 bits per heavy atom. The molecule has 0 saturated heterocycles. The maximum absolute atomic E-state index is 13.9. The van der Waals surface area contributed by atoms with Crippen molar-refractivity contribution < 1.29 is 13.9 Å². The Morgan fingerprint density at radius 2 is 1.81 bits per heavy atom. The van der Waals surface area contributed by atoms with Crippen LogP contribution in [-0.2, 0) is 0 Å². The zero-order valence-electron chi connectivity index (χ0n) is 11.8. The van der Waals surface area contributed by atoms with Gasteiger partial charge in [-0.1, -0.05) is 29.8 Å². The molecule has 0 aliphatic heterocycles. The molecule has 5 heteroatoms. The molecule has 0 fully saturated rings. The first-order valence-corrected chi connectivity index (χ1v) is 6.91.